The van der Waals surface area contributed by atoms with Gasteiger partial charge in [-0.25, -0.2) is 0 Å². The highest BCUT2D eigenvalue weighted by Gasteiger charge is 2.15. The molecule has 4 heteroatoms. The summed E-state index contributed by atoms with van der Waals surface area (Å²) in [6, 6.07) is 0. The first kappa shape index (κ1) is 15.4. The lowest BCUT2D eigenvalue weighted by Gasteiger charge is -2.26. The Morgan fingerprint density at radius 3 is 2.56 bits per heavy atom. The minimum absolute atomic E-state index is 0.261. The van der Waals surface area contributed by atoms with Crippen molar-refractivity contribution in [3.63, 3.8) is 0 Å². The van der Waals surface area contributed by atoms with Gasteiger partial charge in [-0.15, -0.1) is 0 Å². The van der Waals surface area contributed by atoms with Gasteiger partial charge in [-0.05, 0) is 13.0 Å². The van der Waals surface area contributed by atoms with E-state index < -0.39 is 0 Å². The highest BCUT2D eigenvalue weighted by molar-refractivity contribution is 5.76. The van der Waals surface area contributed by atoms with Gasteiger partial charge in [0, 0.05) is 26.1 Å². The zero-order valence-electron chi connectivity index (χ0n) is 11.7. The number of carbonyl (C=O) groups is 1. The predicted molar refractivity (Wildman–Crippen MR) is 73.6 cm³/mol. The maximum Gasteiger partial charge on any atom is 0.224 e. The van der Waals surface area contributed by atoms with Gasteiger partial charge in [-0.1, -0.05) is 32.6 Å². The number of hydrogen-bond donors (Lipinski definition) is 1. The van der Waals surface area contributed by atoms with E-state index in [4.69, 9.17) is 4.74 Å². The van der Waals surface area contributed by atoms with Gasteiger partial charge in [0.25, 0.3) is 0 Å². The molecular weight excluding hydrogens is 228 g/mol. The third-order valence-electron chi connectivity index (χ3n) is 3.34. The number of nitrogens with zero attached hydrogens (tertiary/aromatic N) is 1. The first-order valence-corrected chi connectivity index (χ1v) is 7.41. The third-order valence-corrected chi connectivity index (χ3v) is 3.34. The minimum Gasteiger partial charge on any atom is -0.378 e. The quantitative estimate of drug-likeness (QED) is 0.640. The highest BCUT2D eigenvalue weighted by atomic mass is 16.5. The molecule has 0 saturated carbocycles. The van der Waals surface area contributed by atoms with E-state index in [2.05, 4.69) is 12.2 Å². The van der Waals surface area contributed by atoms with Crippen LogP contribution in [0, 0.1) is 0 Å². The summed E-state index contributed by atoms with van der Waals surface area (Å²) < 4.78 is 5.23. The van der Waals surface area contributed by atoms with Crippen LogP contribution in [0.25, 0.3) is 0 Å². The second-order valence-corrected chi connectivity index (χ2v) is 4.91. The lowest BCUT2D eigenvalue weighted by molar-refractivity contribution is -0.135. The van der Waals surface area contributed by atoms with Crippen molar-refractivity contribution in [3.05, 3.63) is 0 Å². The predicted octanol–water partition coefficient (Wildman–Crippen LogP) is 1.80. The number of hydrogen-bond acceptors (Lipinski definition) is 3. The minimum atomic E-state index is 0.261. The molecule has 0 aromatic carbocycles. The van der Waals surface area contributed by atoms with Crippen LogP contribution in [-0.2, 0) is 9.53 Å². The van der Waals surface area contributed by atoms with E-state index in [-0.39, 0.29) is 5.91 Å². The molecule has 1 heterocycles. The normalized spacial score (nSPS) is 15.9. The van der Waals surface area contributed by atoms with Crippen LogP contribution in [0.5, 0.6) is 0 Å². The van der Waals surface area contributed by atoms with Gasteiger partial charge in [-0.3, -0.25) is 4.79 Å². The summed E-state index contributed by atoms with van der Waals surface area (Å²) in [5.41, 5.74) is 0. The van der Waals surface area contributed by atoms with Gasteiger partial charge in [0.2, 0.25) is 5.91 Å². The molecule has 0 radical (unpaired) electrons. The van der Waals surface area contributed by atoms with Gasteiger partial charge in [0.05, 0.1) is 13.2 Å². The molecule has 1 rings (SSSR count). The van der Waals surface area contributed by atoms with Crippen molar-refractivity contribution in [1.29, 1.82) is 0 Å². The van der Waals surface area contributed by atoms with Crippen molar-refractivity contribution >= 4 is 5.91 Å². The maximum absolute atomic E-state index is 11.8. The Hall–Kier alpha value is -0.610. The topological polar surface area (TPSA) is 41.6 Å². The number of rotatable bonds is 9. The Labute approximate surface area is 111 Å². The molecule has 106 valence electrons. The highest BCUT2D eigenvalue weighted by Crippen LogP contribution is 2.02. The molecule has 0 atom stereocenters. The summed E-state index contributed by atoms with van der Waals surface area (Å²) in [7, 11) is 0. The van der Waals surface area contributed by atoms with Crippen molar-refractivity contribution in [2.75, 3.05) is 39.4 Å². The lowest BCUT2D eigenvalue weighted by Crippen LogP contribution is -2.41. The molecule has 0 unspecified atom stereocenters. The fraction of sp³-hybridized carbons (Fsp3) is 0.929. The summed E-state index contributed by atoms with van der Waals surface area (Å²) in [5, 5.41) is 3.35. The molecule has 18 heavy (non-hydrogen) atoms. The Kier molecular flexibility index (Phi) is 8.86. The molecule has 1 N–H and O–H groups in total. The average Bonchev–Trinajstić information content (AvgIpc) is 2.42. The standard InChI is InChI=1S/C14H28N2O2/c1-2-3-4-5-6-8-15-9-7-14(17)16-10-12-18-13-11-16/h15H,2-13H2,1H3. The fourth-order valence-corrected chi connectivity index (χ4v) is 2.14. The number of unbranched alkanes of at least 4 members (excludes halogenated alkanes) is 4. The molecule has 1 aliphatic heterocycles. The molecule has 0 bridgehead atoms. The molecule has 0 aliphatic carbocycles. The molecule has 4 nitrogen and oxygen atoms in total. The fourth-order valence-electron chi connectivity index (χ4n) is 2.14. The van der Waals surface area contributed by atoms with Gasteiger partial charge in [-0.2, -0.15) is 0 Å². The molecule has 1 saturated heterocycles. The van der Waals surface area contributed by atoms with E-state index in [1.165, 1.54) is 32.1 Å². The smallest absolute Gasteiger partial charge is 0.224 e. The number of nitrogens with one attached hydrogen (secondary N) is 1. The summed E-state index contributed by atoms with van der Waals surface area (Å²) in [6.07, 6.45) is 7.13. The lowest BCUT2D eigenvalue weighted by atomic mass is 10.1. The van der Waals surface area contributed by atoms with Crippen LogP contribution in [-0.4, -0.2) is 50.2 Å². The number of ether oxygens (including phenoxy) is 1. The van der Waals surface area contributed by atoms with Crippen LogP contribution in [0.4, 0.5) is 0 Å². The molecule has 1 fully saturated rings. The SMILES string of the molecule is CCCCCCCNCCC(=O)N1CCOCC1. The van der Waals surface area contributed by atoms with Crippen molar-refractivity contribution in [2.24, 2.45) is 0 Å². The van der Waals surface area contributed by atoms with E-state index in [0.717, 1.165) is 26.2 Å². The summed E-state index contributed by atoms with van der Waals surface area (Å²) in [6.45, 7) is 6.98. The van der Waals surface area contributed by atoms with Crippen LogP contribution >= 0.6 is 0 Å². The van der Waals surface area contributed by atoms with Gasteiger partial charge < -0.3 is 15.0 Å². The largest absolute Gasteiger partial charge is 0.378 e. The van der Waals surface area contributed by atoms with Crippen LogP contribution in [0.3, 0.4) is 0 Å². The molecular formula is C14H28N2O2. The van der Waals surface area contributed by atoms with Crippen molar-refractivity contribution < 1.29 is 9.53 Å². The van der Waals surface area contributed by atoms with Crippen LogP contribution in [0.2, 0.25) is 0 Å². The van der Waals surface area contributed by atoms with Crippen LogP contribution in [0.1, 0.15) is 45.4 Å². The van der Waals surface area contributed by atoms with Gasteiger partial charge in [0.15, 0.2) is 0 Å². The molecule has 0 aromatic rings. The van der Waals surface area contributed by atoms with Crippen LogP contribution < -0.4 is 5.32 Å². The van der Waals surface area contributed by atoms with Gasteiger partial charge >= 0.3 is 0 Å². The number of amides is 1. The first-order valence-electron chi connectivity index (χ1n) is 7.41. The van der Waals surface area contributed by atoms with E-state index in [0.29, 0.717) is 19.6 Å². The number of carbonyl (C=O) groups excluding carboxylic acids is 1. The molecule has 1 amide bonds. The first-order chi connectivity index (χ1) is 8.84. The Morgan fingerprint density at radius 2 is 1.83 bits per heavy atom. The summed E-state index contributed by atoms with van der Waals surface area (Å²) in [5.74, 6) is 0.261. The van der Waals surface area contributed by atoms with Gasteiger partial charge in [0.1, 0.15) is 0 Å². The molecule has 0 spiro atoms. The summed E-state index contributed by atoms with van der Waals surface area (Å²) in [4.78, 5) is 13.7. The van der Waals surface area contributed by atoms with E-state index >= 15 is 0 Å². The molecule has 1 aliphatic rings. The number of morpholine rings is 1. The maximum atomic E-state index is 11.8. The Morgan fingerprint density at radius 1 is 1.11 bits per heavy atom. The summed E-state index contributed by atoms with van der Waals surface area (Å²) >= 11 is 0. The van der Waals surface area contributed by atoms with Crippen molar-refractivity contribution in [1.82, 2.24) is 10.2 Å². The Balaban J connectivity index is 1.89. The van der Waals surface area contributed by atoms with E-state index in [1.807, 2.05) is 4.90 Å². The Bertz CT molecular complexity index is 216. The van der Waals surface area contributed by atoms with Crippen molar-refractivity contribution in [2.45, 2.75) is 45.4 Å². The average molecular weight is 256 g/mol. The second-order valence-electron chi connectivity index (χ2n) is 4.91. The van der Waals surface area contributed by atoms with Crippen molar-refractivity contribution in [3.8, 4) is 0 Å². The monoisotopic (exact) mass is 256 g/mol. The zero-order valence-corrected chi connectivity index (χ0v) is 11.7. The second kappa shape index (κ2) is 10.3. The van der Waals surface area contributed by atoms with E-state index in [9.17, 15) is 4.79 Å². The molecule has 0 aromatic heterocycles. The zero-order chi connectivity index (χ0) is 13.1. The third kappa shape index (κ3) is 6.97. The van der Waals surface area contributed by atoms with Crippen LogP contribution in [0.15, 0.2) is 0 Å². The van der Waals surface area contributed by atoms with E-state index in [1.54, 1.807) is 0 Å².